The average molecular weight is 1880 g/mol. The van der Waals surface area contributed by atoms with Gasteiger partial charge in [-0.3, -0.25) is 57.6 Å². The summed E-state index contributed by atoms with van der Waals surface area (Å²) in [6.45, 7) is 11.5. The van der Waals surface area contributed by atoms with E-state index in [-0.39, 0.29) is 44.2 Å². The number of ether oxygens (including phenoxy) is 23. The molecule has 0 unspecified atom stereocenters. The Hall–Kier alpha value is -11.4. The summed E-state index contributed by atoms with van der Waals surface area (Å²) < 4.78 is 153. The Kier molecular flexibility index (Phi) is 35.1. The van der Waals surface area contributed by atoms with Crippen LogP contribution in [0.3, 0.4) is 0 Å². The molecule has 724 valence electrons. The van der Waals surface area contributed by atoms with Crippen molar-refractivity contribution in [3.8, 4) is 0 Å². The molecule has 0 aromatic heterocycles. The zero-order chi connectivity index (χ0) is 96.3. The molecule has 6 heterocycles. The molecule has 25 atom stereocenters. The number of hydrogen-bond donors (Lipinski definition) is 1. The number of fused-ring (bicyclic) bond motifs is 2. The Balaban J connectivity index is 1.00. The van der Waals surface area contributed by atoms with Crippen molar-refractivity contribution < 1.29 is 162 Å². The second-order valence-corrected chi connectivity index (χ2v) is 34.3. The molecular formula is C99H114N2O34. The molecule has 0 saturated carbocycles. The van der Waals surface area contributed by atoms with Gasteiger partial charge in [-0.15, -0.1) is 0 Å². The molecule has 7 aromatic rings. The predicted octanol–water partition coefficient (Wildman–Crippen LogP) is 9.07. The first-order valence-electron chi connectivity index (χ1n) is 44.4. The van der Waals surface area contributed by atoms with E-state index in [0.717, 1.165) is 82.2 Å². The number of carbonyl (C=O) groups is 11. The van der Waals surface area contributed by atoms with Crippen molar-refractivity contribution in [1.29, 1.82) is 0 Å². The molecule has 5 fully saturated rings. The normalized spacial score (nSPS) is 29.0. The number of nitrogens with one attached hydrogen (secondary N) is 1. The minimum atomic E-state index is -2.11. The second-order valence-electron chi connectivity index (χ2n) is 34.3. The first-order chi connectivity index (χ1) is 64.8. The van der Waals surface area contributed by atoms with Gasteiger partial charge in [0.05, 0.1) is 68.9 Å². The number of rotatable bonds is 38. The number of esters is 8. The summed E-state index contributed by atoms with van der Waals surface area (Å²) >= 11 is 0. The van der Waals surface area contributed by atoms with E-state index >= 15 is 9.59 Å². The van der Waals surface area contributed by atoms with E-state index in [9.17, 15) is 43.2 Å². The summed E-state index contributed by atoms with van der Waals surface area (Å²) in [5.41, 5.74) is 2.04. The number of methoxy groups -OCH3 is 1. The van der Waals surface area contributed by atoms with E-state index in [2.05, 4.69) is 5.32 Å². The molecule has 0 aliphatic carbocycles. The maximum Gasteiger partial charge on any atom is 0.311 e. The minimum absolute atomic E-state index is 0.0287. The van der Waals surface area contributed by atoms with Crippen LogP contribution in [0.1, 0.15) is 132 Å². The van der Waals surface area contributed by atoms with E-state index in [1.54, 1.807) is 58.0 Å². The molecule has 135 heavy (non-hydrogen) atoms. The van der Waals surface area contributed by atoms with Crippen LogP contribution in [-0.4, -0.2) is 257 Å². The topological polar surface area (TPSA) is 415 Å². The summed E-state index contributed by atoms with van der Waals surface area (Å²) in [6, 6.07) is 52.1. The van der Waals surface area contributed by atoms with Gasteiger partial charge in [-0.25, -0.2) is 0 Å². The molecule has 0 radical (unpaired) electrons. The average Bonchev–Trinajstić information content (AvgIpc) is 1.64. The SMILES string of the molecule is CO[C@H]1O[C@H](CO[C@@H]2O[C@H](COCc3ccccc3)[C@@H](O[C@@H]3O[C@H](COC(C)=O)[C@H](OC(C)=O)[C@H](OCc4ccc5ccccc5c4)[C@H]3OC(C)=O)[C@H](O[C@@H]3O[C@@H](C)[C@@H](OCc4ccccc4)[C@@H](OCc4ccccc4)[C@@H]3OCc3ccccc3)[C@H]2N2C(=O)c3ccccc3C2=O)[C@H](OC(C)=O)[C@H](O[C@@H]2O[C@H](COC(=O)C(C)(C)C)[C@H](OC(C)=O)[C@H](OC(C)=O)[C@H]2OC(C)=O)[C@H]1NC(C)=O. The fourth-order valence-electron chi connectivity index (χ4n) is 17.0. The van der Waals surface area contributed by atoms with Crippen LogP contribution in [0.25, 0.3) is 10.8 Å². The number of imide groups is 1. The molecular weight excluding hydrogens is 1760 g/mol. The van der Waals surface area contributed by atoms with Crippen molar-refractivity contribution in [3.05, 3.63) is 227 Å². The van der Waals surface area contributed by atoms with Gasteiger partial charge in [0.1, 0.15) is 92.4 Å². The lowest BCUT2D eigenvalue weighted by atomic mass is 9.92. The number of nitrogens with zero attached hydrogens (tertiary/aromatic N) is 1. The van der Waals surface area contributed by atoms with Gasteiger partial charge in [0.15, 0.2) is 68.1 Å². The van der Waals surface area contributed by atoms with Gasteiger partial charge in [0, 0.05) is 62.5 Å². The van der Waals surface area contributed by atoms with Crippen molar-refractivity contribution in [1.82, 2.24) is 10.2 Å². The van der Waals surface area contributed by atoms with Crippen LogP contribution in [-0.2, 0) is 185 Å². The molecule has 6 aliphatic rings. The van der Waals surface area contributed by atoms with Crippen molar-refractivity contribution in [3.63, 3.8) is 0 Å². The van der Waals surface area contributed by atoms with E-state index in [1.165, 1.54) is 31.4 Å². The van der Waals surface area contributed by atoms with Crippen LogP contribution in [0, 0.1) is 5.41 Å². The summed E-state index contributed by atoms with van der Waals surface area (Å²) in [5, 5.41) is 4.46. The van der Waals surface area contributed by atoms with Crippen molar-refractivity contribution in [2.24, 2.45) is 5.41 Å². The van der Waals surface area contributed by atoms with E-state index < -0.39 is 251 Å². The van der Waals surface area contributed by atoms with E-state index in [4.69, 9.17) is 109 Å². The maximum absolute atomic E-state index is 16.3. The Bertz CT molecular complexity index is 5170. The third kappa shape index (κ3) is 26.2. The highest BCUT2D eigenvalue weighted by atomic mass is 16.8. The van der Waals surface area contributed by atoms with Crippen LogP contribution in [0.2, 0.25) is 0 Å². The molecule has 7 aromatic carbocycles. The fourth-order valence-corrected chi connectivity index (χ4v) is 17.0. The summed E-state index contributed by atoms with van der Waals surface area (Å²) in [4.78, 5) is 156. The monoisotopic (exact) mass is 1870 g/mol. The molecule has 13 rings (SSSR count). The zero-order valence-electron chi connectivity index (χ0n) is 77.0. The van der Waals surface area contributed by atoms with Gasteiger partial charge in [0.25, 0.3) is 11.8 Å². The number of hydrogen-bond acceptors (Lipinski definition) is 34. The molecule has 36 nitrogen and oxygen atoms in total. The summed E-state index contributed by atoms with van der Waals surface area (Å²) in [5.74, 6) is -10.1. The van der Waals surface area contributed by atoms with Crippen molar-refractivity contribution in [2.75, 3.05) is 33.5 Å². The van der Waals surface area contributed by atoms with Gasteiger partial charge in [-0.05, 0) is 84.5 Å². The van der Waals surface area contributed by atoms with Gasteiger partial charge >= 0.3 is 47.8 Å². The molecule has 36 heteroatoms. The van der Waals surface area contributed by atoms with Gasteiger partial charge in [-0.1, -0.05) is 170 Å². The van der Waals surface area contributed by atoms with E-state index in [1.807, 2.05) is 133 Å². The van der Waals surface area contributed by atoms with Gasteiger partial charge < -0.3 is 114 Å². The largest absolute Gasteiger partial charge is 0.463 e. The smallest absolute Gasteiger partial charge is 0.311 e. The number of amides is 3. The lowest BCUT2D eigenvalue weighted by Crippen LogP contribution is -2.71. The Morgan fingerprint density at radius 3 is 1.23 bits per heavy atom. The van der Waals surface area contributed by atoms with Crippen LogP contribution < -0.4 is 5.32 Å². The van der Waals surface area contributed by atoms with Crippen LogP contribution in [0.5, 0.6) is 0 Å². The predicted molar refractivity (Wildman–Crippen MR) is 469 cm³/mol. The standard InChI is InChI=1S/C99H114N2O34/c1-54-78(116-46-64-32-20-15-21-33-64)85(117-47-65-34-22-16-23-35-65)88(119-48-66-36-24-17-25-37-66)95(122-54)135-84-77(101-91(110)70-40-28-29-41-71(70)92(101)111)94(120-52-74-79(123-57(4)104)83(76(100-55(2)102)93(113-13)129-74)134-97-90(128-62(9)109)87(126-60(7)107)82(125-59(6)106)75(132-97)53-121-98(112)99(10,11)12)130-72(50-114-45-63-30-18-14-19-31-63)80(84)133-96-89(127-61(8)108)86(81(124-58(5)105)73(131-96)51-115-56(3)103)118-49-67-42-43-68-38-26-27-39-69(68)44-67/h14-44,54,72-90,93-97H,45-53H2,1-13H3,(H,100,102)/t54-,72+,73+,74+,75+,76+,77+,78+,79-,80+,81-,82-,83+,84+,85+,86-,87-,88-,89+,90+,93-,94+,95-,96-,97-/m0/s1. The zero-order valence-corrected chi connectivity index (χ0v) is 77.0. The van der Waals surface area contributed by atoms with Gasteiger partial charge in [-0.2, -0.15) is 0 Å². The Morgan fingerprint density at radius 2 is 0.726 bits per heavy atom. The van der Waals surface area contributed by atoms with Crippen molar-refractivity contribution >= 4 is 76.2 Å². The summed E-state index contributed by atoms with van der Waals surface area (Å²) in [7, 11) is 1.19. The van der Waals surface area contributed by atoms with Crippen LogP contribution >= 0.6 is 0 Å². The first-order valence-corrected chi connectivity index (χ1v) is 44.4. The third-order valence-electron chi connectivity index (χ3n) is 23.0. The molecule has 0 bridgehead atoms. The highest BCUT2D eigenvalue weighted by Gasteiger charge is 2.63. The molecule has 1 N–H and O–H groups in total. The number of benzene rings is 7. The highest BCUT2D eigenvalue weighted by molar-refractivity contribution is 6.21. The van der Waals surface area contributed by atoms with Gasteiger partial charge in [0.2, 0.25) is 5.91 Å². The lowest BCUT2D eigenvalue weighted by molar-refractivity contribution is -0.386. The van der Waals surface area contributed by atoms with Crippen LogP contribution in [0.15, 0.2) is 188 Å². The Labute approximate surface area is 780 Å². The van der Waals surface area contributed by atoms with Crippen molar-refractivity contribution in [2.45, 2.75) is 270 Å². The van der Waals surface area contributed by atoms with E-state index in [0.29, 0.717) is 16.7 Å². The maximum atomic E-state index is 16.3. The third-order valence-corrected chi connectivity index (χ3v) is 23.0. The molecule has 5 saturated heterocycles. The second kappa shape index (κ2) is 46.9. The Morgan fingerprint density at radius 1 is 0.341 bits per heavy atom. The first kappa shape index (κ1) is 101. The minimum Gasteiger partial charge on any atom is -0.463 e. The summed E-state index contributed by atoms with van der Waals surface area (Å²) in [6.07, 6.45) is -39.3. The lowest BCUT2D eigenvalue weighted by Gasteiger charge is -2.53. The number of carbonyl (C=O) groups excluding carboxylic acids is 11. The quantitative estimate of drug-likeness (QED) is 0.0214. The van der Waals surface area contributed by atoms with Crippen LogP contribution in [0.4, 0.5) is 0 Å². The molecule has 0 spiro atoms. The molecule has 6 aliphatic heterocycles. The highest BCUT2D eigenvalue weighted by Crippen LogP contribution is 2.44. The molecule has 3 amide bonds. The fraction of sp³-hybridized carbons (Fsp3) is 0.485.